The van der Waals surface area contributed by atoms with Crippen LogP contribution >= 0.6 is 0 Å². The van der Waals surface area contributed by atoms with Crippen molar-refractivity contribution >= 4 is 11.6 Å². The van der Waals surface area contributed by atoms with Crippen LogP contribution in [0, 0.1) is 13.8 Å². The van der Waals surface area contributed by atoms with Gasteiger partial charge in [0.2, 0.25) is 0 Å². The Balaban J connectivity index is 1.29. The van der Waals surface area contributed by atoms with Crippen molar-refractivity contribution in [1.29, 1.82) is 0 Å². The van der Waals surface area contributed by atoms with E-state index in [9.17, 15) is 0 Å². The van der Waals surface area contributed by atoms with E-state index in [1.807, 2.05) is 0 Å². The lowest BCUT2D eigenvalue weighted by Crippen LogP contribution is -2.36. The average molecular weight is 395 g/mol. The van der Waals surface area contributed by atoms with Gasteiger partial charge < -0.3 is 15.8 Å². The van der Waals surface area contributed by atoms with Gasteiger partial charge in [-0.15, -0.1) is 0 Å². The molecule has 0 amide bonds. The van der Waals surface area contributed by atoms with E-state index in [4.69, 9.17) is 10.5 Å². The zero-order valence-corrected chi connectivity index (χ0v) is 17.7. The van der Waals surface area contributed by atoms with Crippen molar-refractivity contribution in [2.24, 2.45) is 10.7 Å². The summed E-state index contributed by atoms with van der Waals surface area (Å²) >= 11 is 0. The summed E-state index contributed by atoms with van der Waals surface area (Å²) in [4.78, 5) is 6.93. The molecule has 29 heavy (non-hydrogen) atoms. The first kappa shape index (κ1) is 21.3. The fourth-order valence-electron chi connectivity index (χ4n) is 3.82. The smallest absolute Gasteiger partial charge is 0.193 e. The van der Waals surface area contributed by atoms with Crippen LogP contribution < -0.4 is 11.1 Å². The lowest BCUT2D eigenvalue weighted by Gasteiger charge is -2.31. The van der Waals surface area contributed by atoms with Gasteiger partial charge in [0, 0.05) is 38.5 Å². The average Bonchev–Trinajstić information content (AvgIpc) is 2.69. The van der Waals surface area contributed by atoms with E-state index in [0.29, 0.717) is 18.6 Å². The van der Waals surface area contributed by atoms with Crippen LogP contribution in [0.4, 0.5) is 5.69 Å². The van der Waals surface area contributed by atoms with Crippen molar-refractivity contribution in [2.45, 2.75) is 45.8 Å². The number of rotatable bonds is 8. The number of nitrogens with one attached hydrogen (secondary N) is 1. The molecular formula is C24H34N4O. The Bertz CT molecular complexity index is 762. The Morgan fingerprint density at radius 2 is 1.79 bits per heavy atom. The van der Waals surface area contributed by atoms with Crippen LogP contribution in [0.1, 0.15) is 36.0 Å². The second-order valence-electron chi connectivity index (χ2n) is 7.95. The van der Waals surface area contributed by atoms with Crippen LogP contribution in [0.3, 0.4) is 0 Å². The molecule has 1 aliphatic rings. The van der Waals surface area contributed by atoms with Crippen LogP contribution in [0.25, 0.3) is 0 Å². The Labute approximate surface area is 175 Å². The molecule has 0 unspecified atom stereocenters. The minimum Gasteiger partial charge on any atom is -0.378 e. The van der Waals surface area contributed by atoms with Crippen molar-refractivity contribution in [3.8, 4) is 0 Å². The molecule has 156 valence electrons. The molecule has 0 aliphatic carbocycles. The highest BCUT2D eigenvalue weighted by molar-refractivity contribution is 5.92. The summed E-state index contributed by atoms with van der Waals surface area (Å²) in [6.45, 7) is 8.81. The molecule has 2 aromatic rings. The highest BCUT2D eigenvalue weighted by atomic mass is 16.5. The number of aryl methyl sites for hydroxylation is 2. The first-order chi connectivity index (χ1) is 14.1. The van der Waals surface area contributed by atoms with E-state index in [2.05, 4.69) is 77.6 Å². The number of guanidine groups is 1. The molecule has 3 N–H and O–H groups in total. The van der Waals surface area contributed by atoms with Gasteiger partial charge in [-0.3, -0.25) is 9.89 Å². The summed E-state index contributed by atoms with van der Waals surface area (Å²) in [5, 5.41) is 3.17. The number of piperidine rings is 1. The molecule has 5 heteroatoms. The monoisotopic (exact) mass is 394 g/mol. The predicted octanol–water partition coefficient (Wildman–Crippen LogP) is 4.10. The molecule has 0 bridgehead atoms. The topological polar surface area (TPSA) is 62.9 Å². The molecule has 1 heterocycles. The number of ether oxygens (including phenoxy) is 1. The van der Waals surface area contributed by atoms with Gasteiger partial charge in [-0.25, -0.2) is 0 Å². The summed E-state index contributed by atoms with van der Waals surface area (Å²) in [6, 6.07) is 17.0. The fraction of sp³-hybridized carbons (Fsp3) is 0.458. The quantitative estimate of drug-likeness (QED) is 0.402. The first-order valence-electron chi connectivity index (χ1n) is 10.6. The second-order valence-corrected chi connectivity index (χ2v) is 7.95. The third-order valence-corrected chi connectivity index (χ3v) is 5.22. The Hall–Kier alpha value is -2.37. The van der Waals surface area contributed by atoms with Crippen molar-refractivity contribution in [3.63, 3.8) is 0 Å². The van der Waals surface area contributed by atoms with Crippen molar-refractivity contribution in [2.75, 3.05) is 31.6 Å². The number of aliphatic imine (C=N–C) groups is 1. The molecular weight excluding hydrogens is 360 g/mol. The maximum absolute atomic E-state index is 6.06. The van der Waals surface area contributed by atoms with E-state index in [-0.39, 0.29) is 0 Å². The first-order valence-corrected chi connectivity index (χ1v) is 10.6. The van der Waals surface area contributed by atoms with Crippen LogP contribution in [-0.2, 0) is 11.3 Å². The van der Waals surface area contributed by atoms with Crippen molar-refractivity contribution in [1.82, 2.24) is 4.90 Å². The summed E-state index contributed by atoms with van der Waals surface area (Å²) < 4.78 is 6.06. The maximum atomic E-state index is 6.06. The Kier molecular flexibility index (Phi) is 8.08. The number of anilines is 1. The number of hydrogen-bond donors (Lipinski definition) is 2. The molecule has 1 aliphatic heterocycles. The van der Waals surface area contributed by atoms with Gasteiger partial charge >= 0.3 is 0 Å². The standard InChI is InChI=1S/C24H34N4O/c1-19-15-20(2)17-22(16-19)27-24(25)26-11-6-14-29-23-9-12-28(13-10-23)18-21-7-4-3-5-8-21/h3-5,7-8,15-17,23H,6,9-14,18H2,1-2H3,(H3,25,26,27). The SMILES string of the molecule is Cc1cc(C)cc(NC(N)=NCCCOC2CCN(Cc3ccccc3)CC2)c1. The third kappa shape index (κ3) is 7.52. The zero-order valence-electron chi connectivity index (χ0n) is 17.7. The van der Waals surface area contributed by atoms with Crippen molar-refractivity contribution in [3.05, 3.63) is 65.2 Å². The number of hydrogen-bond acceptors (Lipinski definition) is 3. The highest BCUT2D eigenvalue weighted by Gasteiger charge is 2.19. The molecule has 3 rings (SSSR count). The molecule has 0 radical (unpaired) electrons. The normalized spacial score (nSPS) is 16.1. The molecule has 0 spiro atoms. The van der Waals surface area contributed by atoms with E-state index >= 15 is 0 Å². The van der Waals surface area contributed by atoms with Gasteiger partial charge in [0.25, 0.3) is 0 Å². The van der Waals surface area contributed by atoms with Crippen LogP contribution in [-0.4, -0.2) is 43.2 Å². The van der Waals surface area contributed by atoms with Gasteiger partial charge in [-0.05, 0) is 61.9 Å². The van der Waals surface area contributed by atoms with E-state index in [1.165, 1.54) is 16.7 Å². The van der Waals surface area contributed by atoms with Crippen LogP contribution in [0.2, 0.25) is 0 Å². The van der Waals surface area contributed by atoms with Crippen LogP contribution in [0.15, 0.2) is 53.5 Å². The predicted molar refractivity (Wildman–Crippen MR) is 121 cm³/mol. The number of benzene rings is 2. The molecule has 0 aromatic heterocycles. The van der Waals surface area contributed by atoms with Gasteiger partial charge in [-0.1, -0.05) is 36.4 Å². The lowest BCUT2D eigenvalue weighted by atomic mass is 10.1. The Morgan fingerprint density at radius 3 is 2.48 bits per heavy atom. The number of nitrogens with zero attached hydrogens (tertiary/aromatic N) is 2. The number of likely N-dealkylation sites (tertiary alicyclic amines) is 1. The van der Waals surface area contributed by atoms with Gasteiger partial charge in [0.05, 0.1) is 6.10 Å². The lowest BCUT2D eigenvalue weighted by molar-refractivity contribution is 0.00566. The minimum absolute atomic E-state index is 0.372. The fourth-order valence-corrected chi connectivity index (χ4v) is 3.82. The van der Waals surface area contributed by atoms with Crippen LogP contribution in [0.5, 0.6) is 0 Å². The summed E-state index contributed by atoms with van der Waals surface area (Å²) in [7, 11) is 0. The largest absolute Gasteiger partial charge is 0.378 e. The van der Waals surface area contributed by atoms with E-state index < -0.39 is 0 Å². The maximum Gasteiger partial charge on any atom is 0.193 e. The molecule has 2 aromatic carbocycles. The molecule has 5 nitrogen and oxygen atoms in total. The highest BCUT2D eigenvalue weighted by Crippen LogP contribution is 2.16. The molecule has 0 saturated carbocycles. The number of nitrogens with two attached hydrogens (primary N) is 1. The Morgan fingerprint density at radius 1 is 1.10 bits per heavy atom. The molecule has 1 saturated heterocycles. The summed E-state index contributed by atoms with van der Waals surface area (Å²) in [6.07, 6.45) is 3.47. The van der Waals surface area contributed by atoms with E-state index in [0.717, 1.165) is 51.2 Å². The second kappa shape index (κ2) is 11.0. The summed E-state index contributed by atoms with van der Waals surface area (Å²) in [5.74, 6) is 0.462. The zero-order chi connectivity index (χ0) is 20.5. The third-order valence-electron chi connectivity index (χ3n) is 5.22. The summed E-state index contributed by atoms with van der Waals surface area (Å²) in [5.41, 5.74) is 10.8. The van der Waals surface area contributed by atoms with Gasteiger partial charge in [0.1, 0.15) is 0 Å². The van der Waals surface area contributed by atoms with Gasteiger partial charge in [-0.2, -0.15) is 0 Å². The molecule has 1 fully saturated rings. The van der Waals surface area contributed by atoms with E-state index in [1.54, 1.807) is 0 Å². The molecule has 0 atom stereocenters. The minimum atomic E-state index is 0.372. The van der Waals surface area contributed by atoms with Crippen molar-refractivity contribution < 1.29 is 4.74 Å². The van der Waals surface area contributed by atoms with Gasteiger partial charge in [0.15, 0.2) is 5.96 Å².